The van der Waals surface area contributed by atoms with E-state index in [9.17, 15) is 9.59 Å². The van der Waals surface area contributed by atoms with Gasteiger partial charge in [-0.15, -0.1) is 0 Å². The summed E-state index contributed by atoms with van der Waals surface area (Å²) in [7, 11) is 1.50. The SMILES string of the molecule is COc1ccc(-c2cccc(C)c2)c2c(C(N)=O)c(C(C)=O)oc12. The number of methoxy groups -OCH3 is 1. The molecule has 2 N–H and O–H groups in total. The van der Waals surface area contributed by atoms with Crippen LogP contribution in [0.25, 0.3) is 22.1 Å². The predicted molar refractivity (Wildman–Crippen MR) is 91.5 cm³/mol. The summed E-state index contributed by atoms with van der Waals surface area (Å²) in [5, 5.41) is 0.498. The van der Waals surface area contributed by atoms with E-state index in [1.165, 1.54) is 14.0 Å². The number of fused-ring (bicyclic) bond motifs is 1. The molecule has 2 aromatic carbocycles. The van der Waals surface area contributed by atoms with Crippen molar-refractivity contribution in [3.8, 4) is 16.9 Å². The van der Waals surface area contributed by atoms with Crippen LogP contribution in [0, 0.1) is 6.92 Å². The Hall–Kier alpha value is -3.08. The minimum atomic E-state index is -0.707. The Kier molecular flexibility index (Phi) is 3.85. The third-order valence-corrected chi connectivity index (χ3v) is 3.92. The summed E-state index contributed by atoms with van der Waals surface area (Å²) in [6.45, 7) is 3.32. The smallest absolute Gasteiger partial charge is 0.253 e. The van der Waals surface area contributed by atoms with Crippen molar-refractivity contribution in [1.29, 1.82) is 0 Å². The highest BCUT2D eigenvalue weighted by atomic mass is 16.5. The van der Waals surface area contributed by atoms with Crippen LogP contribution < -0.4 is 10.5 Å². The summed E-state index contributed by atoms with van der Waals surface area (Å²) in [5.74, 6) is -0.675. The van der Waals surface area contributed by atoms with Gasteiger partial charge in [0, 0.05) is 12.3 Å². The van der Waals surface area contributed by atoms with E-state index in [4.69, 9.17) is 14.9 Å². The maximum Gasteiger partial charge on any atom is 0.253 e. The van der Waals surface area contributed by atoms with Gasteiger partial charge in [-0.2, -0.15) is 0 Å². The highest BCUT2D eigenvalue weighted by Gasteiger charge is 2.26. The number of furan rings is 1. The lowest BCUT2D eigenvalue weighted by Gasteiger charge is -2.08. The van der Waals surface area contributed by atoms with Crippen LogP contribution in [0.3, 0.4) is 0 Å². The maximum absolute atomic E-state index is 12.0. The molecule has 0 fully saturated rings. The van der Waals surface area contributed by atoms with Gasteiger partial charge >= 0.3 is 0 Å². The molecule has 0 saturated carbocycles. The number of amides is 1. The summed E-state index contributed by atoms with van der Waals surface area (Å²) in [4.78, 5) is 23.9. The highest BCUT2D eigenvalue weighted by molar-refractivity contribution is 6.18. The normalized spacial score (nSPS) is 10.8. The maximum atomic E-state index is 12.0. The van der Waals surface area contributed by atoms with Crippen molar-refractivity contribution in [2.24, 2.45) is 5.73 Å². The third kappa shape index (κ3) is 2.44. The zero-order valence-electron chi connectivity index (χ0n) is 13.7. The monoisotopic (exact) mass is 323 g/mol. The first-order valence-corrected chi connectivity index (χ1v) is 7.45. The summed E-state index contributed by atoms with van der Waals surface area (Å²) in [5.41, 5.74) is 8.72. The Labute approximate surface area is 139 Å². The molecule has 0 atom stereocenters. The van der Waals surface area contributed by atoms with Crippen molar-refractivity contribution >= 4 is 22.7 Å². The molecule has 1 aromatic heterocycles. The molecule has 0 radical (unpaired) electrons. The zero-order chi connectivity index (χ0) is 17.4. The molecule has 1 amide bonds. The summed E-state index contributed by atoms with van der Waals surface area (Å²) < 4.78 is 11.0. The van der Waals surface area contributed by atoms with Gasteiger partial charge in [-0.25, -0.2) is 0 Å². The number of ether oxygens (including phenoxy) is 1. The van der Waals surface area contributed by atoms with E-state index in [0.29, 0.717) is 16.7 Å². The van der Waals surface area contributed by atoms with Crippen molar-refractivity contribution in [2.45, 2.75) is 13.8 Å². The van der Waals surface area contributed by atoms with E-state index in [1.54, 1.807) is 6.07 Å². The van der Waals surface area contributed by atoms with E-state index in [0.717, 1.165) is 16.7 Å². The van der Waals surface area contributed by atoms with Crippen molar-refractivity contribution in [3.63, 3.8) is 0 Å². The van der Waals surface area contributed by atoms with Crippen LogP contribution in [0.15, 0.2) is 40.8 Å². The van der Waals surface area contributed by atoms with Gasteiger partial charge in [0.05, 0.1) is 12.7 Å². The van der Waals surface area contributed by atoms with Gasteiger partial charge < -0.3 is 14.9 Å². The number of primary amides is 1. The Morgan fingerprint density at radius 2 is 1.92 bits per heavy atom. The number of hydrogen-bond acceptors (Lipinski definition) is 4. The summed E-state index contributed by atoms with van der Waals surface area (Å²) >= 11 is 0. The topological polar surface area (TPSA) is 82.5 Å². The number of hydrogen-bond donors (Lipinski definition) is 1. The fraction of sp³-hybridized carbons (Fsp3) is 0.158. The zero-order valence-corrected chi connectivity index (χ0v) is 13.7. The quantitative estimate of drug-likeness (QED) is 0.742. The number of carbonyl (C=O) groups is 2. The lowest BCUT2D eigenvalue weighted by molar-refractivity contribution is 0.0958. The molecule has 24 heavy (non-hydrogen) atoms. The van der Waals surface area contributed by atoms with Crippen molar-refractivity contribution < 1.29 is 18.7 Å². The van der Waals surface area contributed by atoms with Gasteiger partial charge in [0.1, 0.15) is 0 Å². The number of benzene rings is 2. The Morgan fingerprint density at radius 1 is 1.17 bits per heavy atom. The van der Waals surface area contributed by atoms with E-state index in [2.05, 4.69) is 0 Å². The van der Waals surface area contributed by atoms with Crippen LogP contribution >= 0.6 is 0 Å². The van der Waals surface area contributed by atoms with Crippen LogP contribution in [0.2, 0.25) is 0 Å². The standard InChI is InChI=1S/C19H17NO4/c1-10-5-4-6-12(9-10)13-7-8-14(23-3)18-15(13)16(19(20)22)17(24-18)11(2)21/h4-9H,1-3H3,(H2,20,22). The lowest BCUT2D eigenvalue weighted by Crippen LogP contribution is -2.14. The van der Waals surface area contributed by atoms with E-state index >= 15 is 0 Å². The number of Topliss-reactive ketones (excluding diaryl/α,β-unsaturated/α-hetero) is 1. The molecule has 0 saturated heterocycles. The molecule has 0 bridgehead atoms. The van der Waals surface area contributed by atoms with E-state index in [1.807, 2.05) is 37.3 Å². The second-order valence-corrected chi connectivity index (χ2v) is 5.62. The average molecular weight is 323 g/mol. The number of nitrogens with two attached hydrogens (primary N) is 1. The minimum absolute atomic E-state index is 0.0455. The molecule has 0 aliphatic heterocycles. The van der Waals surface area contributed by atoms with Crippen LogP contribution in [0.5, 0.6) is 5.75 Å². The van der Waals surface area contributed by atoms with Crippen LogP contribution in [0.4, 0.5) is 0 Å². The highest BCUT2D eigenvalue weighted by Crippen LogP contribution is 2.40. The van der Waals surface area contributed by atoms with Crippen molar-refractivity contribution in [1.82, 2.24) is 0 Å². The van der Waals surface area contributed by atoms with Crippen LogP contribution in [-0.4, -0.2) is 18.8 Å². The Morgan fingerprint density at radius 3 is 2.50 bits per heavy atom. The molecule has 5 nitrogen and oxygen atoms in total. The van der Waals surface area contributed by atoms with Gasteiger partial charge in [-0.05, 0) is 30.2 Å². The van der Waals surface area contributed by atoms with Crippen LogP contribution in [-0.2, 0) is 0 Å². The molecule has 3 rings (SSSR count). The third-order valence-electron chi connectivity index (χ3n) is 3.92. The van der Waals surface area contributed by atoms with Gasteiger partial charge in [-0.1, -0.05) is 29.8 Å². The largest absolute Gasteiger partial charge is 0.493 e. The fourth-order valence-electron chi connectivity index (χ4n) is 2.88. The second kappa shape index (κ2) is 5.85. The number of carbonyl (C=O) groups excluding carboxylic acids is 2. The molecule has 0 aliphatic carbocycles. The molecule has 3 aromatic rings. The molecule has 0 unspecified atom stereocenters. The molecular formula is C19H17NO4. The van der Waals surface area contributed by atoms with Gasteiger partial charge in [0.2, 0.25) is 0 Å². The first kappa shape index (κ1) is 15.8. The van der Waals surface area contributed by atoms with Crippen molar-refractivity contribution in [3.05, 3.63) is 53.3 Å². The first-order valence-electron chi connectivity index (χ1n) is 7.45. The van der Waals surface area contributed by atoms with Crippen molar-refractivity contribution in [2.75, 3.05) is 7.11 Å². The van der Waals surface area contributed by atoms with Gasteiger partial charge in [0.25, 0.3) is 5.91 Å². The molecule has 0 spiro atoms. The second-order valence-electron chi connectivity index (χ2n) is 5.62. The number of aryl methyl sites for hydroxylation is 1. The number of ketones is 1. The van der Waals surface area contributed by atoms with E-state index in [-0.39, 0.29) is 17.1 Å². The molecule has 122 valence electrons. The molecule has 0 aliphatic rings. The lowest BCUT2D eigenvalue weighted by atomic mass is 9.96. The van der Waals surface area contributed by atoms with E-state index < -0.39 is 5.91 Å². The molecule has 5 heteroatoms. The summed E-state index contributed by atoms with van der Waals surface area (Å²) in [6.07, 6.45) is 0. The predicted octanol–water partition coefficient (Wildman–Crippen LogP) is 3.72. The summed E-state index contributed by atoms with van der Waals surface area (Å²) in [6, 6.07) is 11.4. The Bertz CT molecular complexity index is 969. The fourth-order valence-corrected chi connectivity index (χ4v) is 2.88. The minimum Gasteiger partial charge on any atom is -0.493 e. The average Bonchev–Trinajstić information content (AvgIpc) is 2.95. The molecule has 1 heterocycles. The molecular weight excluding hydrogens is 306 g/mol. The first-order chi connectivity index (χ1) is 11.4. The number of rotatable bonds is 4. The van der Waals surface area contributed by atoms with Gasteiger partial charge in [-0.3, -0.25) is 9.59 Å². The Balaban J connectivity index is 2.47. The van der Waals surface area contributed by atoms with Crippen LogP contribution in [0.1, 0.15) is 33.4 Å². The van der Waals surface area contributed by atoms with Gasteiger partial charge in [0.15, 0.2) is 22.9 Å².